The number of esters is 3. The van der Waals surface area contributed by atoms with Crippen molar-refractivity contribution in [2.24, 2.45) is 0 Å². The number of likely N-dealkylation sites (N-methyl/N-ethyl adjacent to an activating group) is 1. The van der Waals surface area contributed by atoms with Crippen LogP contribution in [-0.2, 0) is 38.1 Å². The first-order valence-corrected chi connectivity index (χ1v) is 8.18. The number of halogens is 2. The number of hydrogen-bond donors (Lipinski definition) is 0. The molecule has 0 saturated carbocycles. The number of carbonyl (C=O) groups is 3. The zero-order chi connectivity index (χ0) is 19.9. The average Bonchev–Trinajstić information content (AvgIpc) is 2.51. The summed E-state index contributed by atoms with van der Waals surface area (Å²) in [7, 11) is 3.38. The van der Waals surface area contributed by atoms with E-state index in [-0.39, 0.29) is 41.7 Å². The van der Waals surface area contributed by atoms with Gasteiger partial charge in [0, 0.05) is 20.8 Å². The van der Waals surface area contributed by atoms with E-state index in [1.807, 2.05) is 0 Å². The minimum Gasteiger partial charge on any atom is -1.00 e. The number of rotatable bonds is 8. The summed E-state index contributed by atoms with van der Waals surface area (Å²) in [5.41, 5.74) is 0. The van der Waals surface area contributed by atoms with Crippen LogP contribution in [0.5, 0.6) is 0 Å². The van der Waals surface area contributed by atoms with Crippen LogP contribution >= 0.6 is 0 Å². The molecule has 0 amide bonds. The average molecular weight is 507 g/mol. The van der Waals surface area contributed by atoms with Crippen LogP contribution in [0.4, 0.5) is 4.39 Å². The molecule has 0 N–H and O–H groups in total. The van der Waals surface area contributed by atoms with Gasteiger partial charge in [0.05, 0.1) is 27.3 Å². The molecule has 0 aromatic heterocycles. The third-order valence-corrected chi connectivity index (χ3v) is 3.61. The summed E-state index contributed by atoms with van der Waals surface area (Å²) in [4.78, 5) is 34.2. The molecule has 0 aromatic carbocycles. The first kappa shape index (κ1) is 26.0. The number of alkyl halides is 1. The first-order chi connectivity index (χ1) is 12.1. The second-order valence-electron chi connectivity index (χ2n) is 6.65. The lowest BCUT2D eigenvalue weighted by atomic mass is 10.0. The van der Waals surface area contributed by atoms with E-state index in [4.69, 9.17) is 23.7 Å². The van der Waals surface area contributed by atoms with Gasteiger partial charge in [-0.25, -0.2) is 0 Å². The van der Waals surface area contributed by atoms with Crippen LogP contribution < -0.4 is 24.0 Å². The molecule has 1 rings (SSSR count). The predicted molar refractivity (Wildman–Crippen MR) is 85.3 cm³/mol. The van der Waals surface area contributed by atoms with E-state index < -0.39 is 49.3 Å². The smallest absolute Gasteiger partial charge is 0.303 e. The lowest BCUT2D eigenvalue weighted by Crippen LogP contribution is -3.00. The molecule has 1 aliphatic heterocycles. The molecule has 1 fully saturated rings. The topological polar surface area (TPSA) is 97.4 Å². The Hall–Kier alpha value is -1.05. The van der Waals surface area contributed by atoms with Crippen LogP contribution in [0, 0.1) is 0 Å². The zero-order valence-corrected chi connectivity index (χ0v) is 18.3. The second-order valence-corrected chi connectivity index (χ2v) is 6.65. The van der Waals surface area contributed by atoms with Gasteiger partial charge in [-0.2, -0.15) is 4.39 Å². The third-order valence-electron chi connectivity index (χ3n) is 3.61. The van der Waals surface area contributed by atoms with E-state index >= 15 is 0 Å². The molecule has 0 aliphatic carbocycles. The van der Waals surface area contributed by atoms with Crippen molar-refractivity contribution in [3.05, 3.63) is 0 Å². The highest BCUT2D eigenvalue weighted by Crippen LogP contribution is 2.25. The summed E-state index contributed by atoms with van der Waals surface area (Å²) < 4.78 is 39.5. The molecular weight excluding hydrogens is 480 g/mol. The summed E-state index contributed by atoms with van der Waals surface area (Å²) in [6.07, 6.45) is -4.20. The first-order valence-electron chi connectivity index (χ1n) is 8.18. The Morgan fingerprint density at radius 1 is 1.00 bits per heavy atom. The lowest BCUT2D eigenvalue weighted by molar-refractivity contribution is -0.903. The SMILES string of the molecule is CC(=O)O[C@@H]1[C@@H](OC(C)=O)[C@H](OCC[N+](C)(C)CF)OC[C@H]1OC(C)=O.[I-]. The molecule has 1 saturated heterocycles. The van der Waals surface area contributed by atoms with Gasteiger partial charge in [-0.3, -0.25) is 14.4 Å². The van der Waals surface area contributed by atoms with Crippen molar-refractivity contribution in [1.29, 1.82) is 0 Å². The van der Waals surface area contributed by atoms with E-state index in [0.29, 0.717) is 6.54 Å². The summed E-state index contributed by atoms with van der Waals surface area (Å²) in [5, 5.41) is 0. The second kappa shape index (κ2) is 11.7. The quantitative estimate of drug-likeness (QED) is 0.114. The van der Waals surface area contributed by atoms with E-state index in [2.05, 4.69) is 0 Å². The molecule has 158 valence electrons. The van der Waals surface area contributed by atoms with Gasteiger partial charge >= 0.3 is 17.9 Å². The maximum absolute atomic E-state index is 12.9. The van der Waals surface area contributed by atoms with Gasteiger partial charge in [0.15, 0.2) is 24.6 Å². The van der Waals surface area contributed by atoms with Crippen LogP contribution in [0.3, 0.4) is 0 Å². The highest BCUT2D eigenvalue weighted by atomic mass is 127. The molecule has 0 aromatic rings. The molecule has 0 bridgehead atoms. The molecular formula is C16H27FINO8. The predicted octanol–water partition coefficient (Wildman–Crippen LogP) is -2.84. The fourth-order valence-electron chi connectivity index (χ4n) is 2.33. The maximum Gasteiger partial charge on any atom is 0.303 e. The molecule has 4 atom stereocenters. The van der Waals surface area contributed by atoms with Gasteiger partial charge in [0.2, 0.25) is 6.80 Å². The van der Waals surface area contributed by atoms with Crippen molar-refractivity contribution in [2.75, 3.05) is 40.7 Å². The Bertz CT molecular complexity index is 519. The van der Waals surface area contributed by atoms with Crippen molar-refractivity contribution in [3.63, 3.8) is 0 Å². The Kier molecular flexibility index (Phi) is 11.3. The molecule has 0 radical (unpaired) electrons. The van der Waals surface area contributed by atoms with Crippen molar-refractivity contribution in [3.8, 4) is 0 Å². The van der Waals surface area contributed by atoms with Gasteiger partial charge in [-0.15, -0.1) is 0 Å². The fraction of sp³-hybridized carbons (Fsp3) is 0.812. The summed E-state index contributed by atoms with van der Waals surface area (Å²) in [6, 6.07) is 0. The van der Waals surface area contributed by atoms with Crippen LogP contribution in [0.1, 0.15) is 20.8 Å². The number of nitrogens with zero attached hydrogens (tertiary/aromatic N) is 1. The largest absolute Gasteiger partial charge is 1.00 e. The van der Waals surface area contributed by atoms with Gasteiger partial charge in [-0.05, 0) is 0 Å². The Morgan fingerprint density at radius 3 is 2.00 bits per heavy atom. The minimum atomic E-state index is -1.13. The van der Waals surface area contributed by atoms with Crippen LogP contribution in [0.25, 0.3) is 0 Å². The normalized spacial score (nSPS) is 25.1. The van der Waals surface area contributed by atoms with Gasteiger partial charge in [-0.1, -0.05) is 0 Å². The number of carbonyl (C=O) groups excluding carboxylic acids is 3. The molecule has 1 heterocycles. The van der Waals surface area contributed by atoms with E-state index in [0.717, 1.165) is 0 Å². The minimum absolute atomic E-state index is 0. The number of quaternary nitrogens is 1. The van der Waals surface area contributed by atoms with E-state index in [1.165, 1.54) is 20.8 Å². The Balaban J connectivity index is 0.00000676. The monoisotopic (exact) mass is 507 g/mol. The van der Waals surface area contributed by atoms with Crippen molar-refractivity contribution in [2.45, 2.75) is 45.4 Å². The highest BCUT2D eigenvalue weighted by molar-refractivity contribution is 5.68. The summed E-state index contributed by atoms with van der Waals surface area (Å²) >= 11 is 0. The van der Waals surface area contributed by atoms with E-state index in [9.17, 15) is 18.8 Å². The van der Waals surface area contributed by atoms with Crippen LogP contribution in [-0.4, -0.2) is 87.6 Å². The Labute approximate surface area is 175 Å². The third kappa shape index (κ3) is 9.12. The van der Waals surface area contributed by atoms with Gasteiger partial charge < -0.3 is 52.1 Å². The summed E-state index contributed by atoms with van der Waals surface area (Å²) in [5.74, 6) is -1.88. The number of hydrogen-bond acceptors (Lipinski definition) is 8. The molecule has 1 aliphatic rings. The van der Waals surface area contributed by atoms with Crippen molar-refractivity contribution >= 4 is 17.9 Å². The molecule has 0 spiro atoms. The highest BCUT2D eigenvalue weighted by Gasteiger charge is 2.47. The van der Waals surface area contributed by atoms with Gasteiger partial charge in [0.1, 0.15) is 6.54 Å². The van der Waals surface area contributed by atoms with Crippen molar-refractivity contribution < 1.29 is 70.9 Å². The zero-order valence-electron chi connectivity index (χ0n) is 16.1. The molecule has 9 nitrogen and oxygen atoms in total. The van der Waals surface area contributed by atoms with Crippen molar-refractivity contribution in [1.82, 2.24) is 0 Å². The number of ether oxygens (including phenoxy) is 5. The maximum atomic E-state index is 12.9. The van der Waals surface area contributed by atoms with Crippen LogP contribution in [0.2, 0.25) is 0 Å². The Morgan fingerprint density at radius 2 is 1.52 bits per heavy atom. The van der Waals surface area contributed by atoms with E-state index in [1.54, 1.807) is 14.1 Å². The fourth-order valence-corrected chi connectivity index (χ4v) is 2.33. The lowest BCUT2D eigenvalue weighted by Gasteiger charge is -2.40. The van der Waals surface area contributed by atoms with Gasteiger partial charge in [0.25, 0.3) is 0 Å². The summed E-state index contributed by atoms with van der Waals surface area (Å²) in [6.45, 7) is 3.33. The molecule has 0 unspecified atom stereocenters. The van der Waals surface area contributed by atoms with Crippen LogP contribution in [0.15, 0.2) is 0 Å². The molecule has 11 heteroatoms. The molecule has 27 heavy (non-hydrogen) atoms. The standard InChI is InChI=1S/C16H27FNO8.HI/c1-10(19)24-13-8-23-16(22-7-6-18(4,5)9-17)15(26-12(3)21)14(13)25-11(2)20;/h13-16H,6-9H2,1-5H3;1H/q+1;/p-1/t13-,14+,15-,16-;/m1./s1.